The zero-order valence-corrected chi connectivity index (χ0v) is 21.4. The van der Waals surface area contributed by atoms with Gasteiger partial charge in [-0.25, -0.2) is 0 Å². The molecule has 0 saturated heterocycles. The molecule has 6 nitrogen and oxygen atoms in total. The number of aromatic nitrogens is 1. The molecular weight excluding hydrogens is 478 g/mol. The van der Waals surface area contributed by atoms with Crippen LogP contribution in [0.5, 0.6) is 5.75 Å². The zero-order valence-electron chi connectivity index (χ0n) is 21.4. The fourth-order valence-corrected chi connectivity index (χ4v) is 4.32. The van der Waals surface area contributed by atoms with Gasteiger partial charge in [0.1, 0.15) is 12.4 Å². The van der Waals surface area contributed by atoms with Gasteiger partial charge in [0.2, 0.25) is 5.56 Å². The van der Waals surface area contributed by atoms with Crippen molar-refractivity contribution in [3.63, 3.8) is 0 Å². The number of aromatic amines is 1. The highest BCUT2D eigenvalue weighted by molar-refractivity contribution is 5.87. The second kappa shape index (κ2) is 14.2. The van der Waals surface area contributed by atoms with Gasteiger partial charge < -0.3 is 25.3 Å². The van der Waals surface area contributed by atoms with E-state index in [0.717, 1.165) is 44.1 Å². The summed E-state index contributed by atoms with van der Waals surface area (Å²) in [6, 6.07) is 12.7. The molecule has 1 atom stereocenters. The molecule has 1 unspecified atom stereocenters. The Hall–Kier alpha value is -2.81. The minimum absolute atomic E-state index is 0.0166. The van der Waals surface area contributed by atoms with E-state index in [0.29, 0.717) is 42.6 Å². The van der Waals surface area contributed by atoms with Gasteiger partial charge in [-0.05, 0) is 61.6 Å². The number of aliphatic hydroxyl groups is 1. The number of phenols is 1. The predicted octanol–water partition coefficient (Wildman–Crippen LogP) is 5.57. The number of halogens is 2. The first-order valence-corrected chi connectivity index (χ1v) is 13.1. The molecule has 4 N–H and O–H groups in total. The van der Waals surface area contributed by atoms with Crippen LogP contribution >= 0.6 is 0 Å². The van der Waals surface area contributed by atoms with Crippen LogP contribution in [0.1, 0.15) is 68.2 Å². The van der Waals surface area contributed by atoms with Crippen molar-refractivity contribution in [2.45, 2.75) is 63.9 Å². The largest absolute Gasteiger partial charge is 0.506 e. The lowest BCUT2D eigenvalue weighted by Gasteiger charge is -2.18. The van der Waals surface area contributed by atoms with Gasteiger partial charge in [-0.15, -0.1) is 0 Å². The van der Waals surface area contributed by atoms with Gasteiger partial charge in [-0.3, -0.25) is 4.79 Å². The molecule has 3 aromatic rings. The third-order valence-corrected chi connectivity index (χ3v) is 6.45. The Bertz CT molecular complexity index is 1180. The minimum Gasteiger partial charge on any atom is -0.506 e. The number of ether oxygens (including phenoxy) is 1. The summed E-state index contributed by atoms with van der Waals surface area (Å²) in [5, 5.41) is 24.4. The summed E-state index contributed by atoms with van der Waals surface area (Å²) in [6.07, 6.45) is 5.43. The molecule has 0 spiro atoms. The van der Waals surface area contributed by atoms with Crippen LogP contribution in [0, 0.1) is 0 Å². The molecule has 37 heavy (non-hydrogen) atoms. The summed E-state index contributed by atoms with van der Waals surface area (Å²) < 4.78 is 34.3. The number of H-pyrrole nitrogens is 1. The smallest absolute Gasteiger partial charge is 0.296 e. The quantitative estimate of drug-likeness (QED) is 0.187. The van der Waals surface area contributed by atoms with Crippen LogP contribution in [0.3, 0.4) is 0 Å². The number of unbranched alkanes of at least 4 members (excludes halogenated alkanes) is 4. The first kappa shape index (κ1) is 28.8. The lowest BCUT2D eigenvalue weighted by molar-refractivity contribution is -0.0831. The van der Waals surface area contributed by atoms with Crippen LogP contribution in [0.2, 0.25) is 0 Å². The van der Waals surface area contributed by atoms with Crippen LogP contribution in [-0.2, 0) is 17.1 Å². The molecular formula is C29H38F2N2O4. The third kappa shape index (κ3) is 8.62. The predicted molar refractivity (Wildman–Crippen MR) is 142 cm³/mol. The number of pyridine rings is 1. The summed E-state index contributed by atoms with van der Waals surface area (Å²) in [7, 11) is 0. The summed E-state index contributed by atoms with van der Waals surface area (Å²) in [5.74, 6) is -3.04. The third-order valence-electron chi connectivity index (χ3n) is 6.45. The number of hydrogen-bond donors (Lipinski definition) is 4. The molecule has 0 saturated carbocycles. The molecule has 2 aromatic carbocycles. The van der Waals surface area contributed by atoms with Crippen molar-refractivity contribution in [3.8, 4) is 5.75 Å². The molecule has 1 heterocycles. The molecule has 1 aromatic heterocycles. The number of fused-ring (bicyclic) bond motifs is 1. The Morgan fingerprint density at radius 1 is 1.05 bits per heavy atom. The zero-order chi connectivity index (χ0) is 26.7. The Morgan fingerprint density at radius 2 is 1.86 bits per heavy atom. The summed E-state index contributed by atoms with van der Waals surface area (Å²) in [4.78, 5) is 14.1. The molecule has 8 heteroatoms. The lowest BCUT2D eigenvalue weighted by atomic mass is 10.0. The molecule has 3 rings (SSSR count). The number of rotatable bonds is 16. The molecule has 202 valence electrons. The number of aliphatic hydroxyl groups excluding tert-OH is 1. The molecule has 0 fully saturated rings. The van der Waals surface area contributed by atoms with Crippen molar-refractivity contribution in [2.24, 2.45) is 0 Å². The van der Waals surface area contributed by atoms with Crippen molar-refractivity contribution in [3.05, 3.63) is 75.6 Å². The van der Waals surface area contributed by atoms with Crippen molar-refractivity contribution in [2.75, 3.05) is 26.3 Å². The second-order valence-electron chi connectivity index (χ2n) is 9.48. The SMILES string of the molecule is CCCCc1cccc(C(F)(F)COCCCCCCNCC(O)c2ccc(O)c3[nH]c(=O)ccc23)c1. The average Bonchev–Trinajstić information content (AvgIpc) is 2.89. The molecule has 0 amide bonds. The maximum atomic E-state index is 14.5. The first-order chi connectivity index (χ1) is 17.8. The molecule has 0 bridgehead atoms. The summed E-state index contributed by atoms with van der Waals surface area (Å²) in [6.45, 7) is 2.81. The number of aryl methyl sites for hydroxylation is 1. The topological polar surface area (TPSA) is 94.6 Å². The fraction of sp³-hybridized carbons (Fsp3) is 0.483. The van der Waals surface area contributed by atoms with Crippen molar-refractivity contribution in [1.29, 1.82) is 0 Å². The van der Waals surface area contributed by atoms with E-state index < -0.39 is 18.6 Å². The van der Waals surface area contributed by atoms with Gasteiger partial charge in [0, 0.05) is 30.2 Å². The molecule has 0 aliphatic carbocycles. The molecule has 0 radical (unpaired) electrons. The van der Waals surface area contributed by atoms with Crippen LogP contribution in [0.15, 0.2) is 53.3 Å². The maximum absolute atomic E-state index is 14.5. The van der Waals surface area contributed by atoms with Crippen LogP contribution in [-0.4, -0.2) is 41.5 Å². The Kier molecular flexibility index (Phi) is 11.0. The maximum Gasteiger partial charge on any atom is 0.296 e. The fourth-order valence-electron chi connectivity index (χ4n) is 4.32. The average molecular weight is 517 g/mol. The lowest BCUT2D eigenvalue weighted by Crippen LogP contribution is -2.23. The molecule has 0 aliphatic rings. The summed E-state index contributed by atoms with van der Waals surface area (Å²) >= 11 is 0. The van der Waals surface area contributed by atoms with Gasteiger partial charge in [0.25, 0.3) is 5.92 Å². The van der Waals surface area contributed by atoms with Gasteiger partial charge in [0.05, 0.1) is 11.6 Å². The van der Waals surface area contributed by atoms with Gasteiger partial charge in [-0.1, -0.05) is 50.5 Å². The number of alkyl halides is 2. The highest BCUT2D eigenvalue weighted by Gasteiger charge is 2.31. The van der Waals surface area contributed by atoms with Crippen molar-refractivity contribution < 1.29 is 23.7 Å². The minimum atomic E-state index is -2.99. The Morgan fingerprint density at radius 3 is 2.68 bits per heavy atom. The van der Waals surface area contributed by atoms with Crippen molar-refractivity contribution >= 4 is 10.9 Å². The van der Waals surface area contributed by atoms with Gasteiger partial charge in [-0.2, -0.15) is 8.78 Å². The van der Waals surface area contributed by atoms with E-state index in [1.807, 2.05) is 6.07 Å². The number of phenolic OH excluding ortho intramolecular Hbond substituents is 1. The normalized spacial score (nSPS) is 12.8. The van der Waals surface area contributed by atoms with E-state index in [9.17, 15) is 23.8 Å². The van der Waals surface area contributed by atoms with E-state index in [1.54, 1.807) is 24.3 Å². The van der Waals surface area contributed by atoms with E-state index in [2.05, 4.69) is 17.2 Å². The first-order valence-electron chi connectivity index (χ1n) is 13.1. The van der Waals surface area contributed by atoms with Gasteiger partial charge in [0.15, 0.2) is 0 Å². The van der Waals surface area contributed by atoms with E-state index in [4.69, 9.17) is 4.74 Å². The number of aromatic hydroxyl groups is 1. The van der Waals surface area contributed by atoms with Crippen LogP contribution in [0.25, 0.3) is 10.9 Å². The highest BCUT2D eigenvalue weighted by Crippen LogP contribution is 2.30. The highest BCUT2D eigenvalue weighted by atomic mass is 19.3. The standard InChI is InChI=1S/C29H38F2N2O4/c1-2-3-9-21-10-8-11-22(18-21)29(30,31)20-37-17-7-5-4-6-16-32-19-26(35)23-12-14-25(34)28-24(23)13-15-27(36)33-28/h8,10-15,18,26,32,34-35H,2-7,9,16-17,19-20H2,1H3,(H,33,36). The Labute approximate surface area is 216 Å². The van der Waals surface area contributed by atoms with E-state index in [1.165, 1.54) is 18.2 Å². The van der Waals surface area contributed by atoms with E-state index >= 15 is 0 Å². The van der Waals surface area contributed by atoms with Gasteiger partial charge >= 0.3 is 0 Å². The Balaban J connectivity index is 1.29. The monoisotopic (exact) mass is 516 g/mol. The number of benzene rings is 2. The van der Waals surface area contributed by atoms with E-state index in [-0.39, 0.29) is 16.9 Å². The van der Waals surface area contributed by atoms with Crippen LogP contribution < -0.4 is 10.9 Å². The van der Waals surface area contributed by atoms with Crippen molar-refractivity contribution in [1.82, 2.24) is 10.3 Å². The van der Waals surface area contributed by atoms with Crippen LogP contribution in [0.4, 0.5) is 8.78 Å². The summed E-state index contributed by atoms with van der Waals surface area (Å²) in [5.41, 5.74) is 1.57. The number of nitrogens with one attached hydrogen (secondary N) is 2. The number of hydrogen-bond acceptors (Lipinski definition) is 5. The second-order valence-corrected chi connectivity index (χ2v) is 9.48. The molecule has 0 aliphatic heterocycles.